The van der Waals surface area contributed by atoms with Gasteiger partial charge in [0, 0.05) is 15.1 Å². The van der Waals surface area contributed by atoms with Crippen molar-refractivity contribution in [2.45, 2.75) is 17.9 Å². The Morgan fingerprint density at radius 1 is 1.11 bits per heavy atom. The molecule has 1 aliphatic heterocycles. The zero-order valence-electron chi connectivity index (χ0n) is 13.9. The Morgan fingerprint density at radius 2 is 1.68 bits per heavy atom. The average molecular weight is 478 g/mol. The third-order valence-electron chi connectivity index (χ3n) is 4.45. The van der Waals surface area contributed by atoms with Gasteiger partial charge in [-0.2, -0.15) is 13.2 Å². The van der Waals surface area contributed by atoms with E-state index in [-0.39, 0.29) is 11.1 Å². The second kappa shape index (κ2) is 7.38. The number of carbonyl (C=O) groups is 2. The fourth-order valence-electron chi connectivity index (χ4n) is 3.08. The highest BCUT2D eigenvalue weighted by Crippen LogP contribution is 2.44. The lowest BCUT2D eigenvalue weighted by Crippen LogP contribution is -2.72. The minimum absolute atomic E-state index is 0.0860. The zero-order valence-corrected chi connectivity index (χ0v) is 16.3. The van der Waals surface area contributed by atoms with Crippen LogP contribution in [0.15, 0.2) is 53.0 Å². The number of hydrogen-bond acceptors (Lipinski definition) is 3. The highest BCUT2D eigenvalue weighted by atomic mass is 79.9. The summed E-state index contributed by atoms with van der Waals surface area (Å²) in [6, 6.07) is 8.59. The molecule has 3 rings (SSSR count). The van der Waals surface area contributed by atoms with Gasteiger partial charge in [0.25, 0.3) is 0 Å². The molecule has 0 bridgehead atoms. The van der Waals surface area contributed by atoms with Crippen LogP contribution in [0.2, 0.25) is 5.02 Å². The number of benzene rings is 2. The van der Waals surface area contributed by atoms with E-state index in [2.05, 4.69) is 21.2 Å². The normalized spacial score (nSPS) is 25.0. The van der Waals surface area contributed by atoms with Crippen LogP contribution < -0.4 is 10.6 Å². The van der Waals surface area contributed by atoms with E-state index in [0.717, 1.165) is 0 Å². The smallest absolute Gasteiger partial charge is 0.363 e. The molecular weight excluding hydrogens is 465 g/mol. The quantitative estimate of drug-likeness (QED) is 0.580. The van der Waals surface area contributed by atoms with Gasteiger partial charge in [-0.05, 0) is 42.0 Å². The zero-order chi connectivity index (χ0) is 20.7. The lowest BCUT2D eigenvalue weighted by atomic mass is 9.77. The number of urea groups is 1. The molecule has 1 aliphatic rings. The Morgan fingerprint density at radius 3 is 2.21 bits per heavy atom. The number of carbonyl (C=O) groups excluding carboxylic acids is 2. The molecule has 5 nitrogen and oxygen atoms in total. The van der Waals surface area contributed by atoms with Gasteiger partial charge in [-0.25, -0.2) is 4.79 Å². The molecule has 1 fully saturated rings. The molecule has 10 heteroatoms. The van der Waals surface area contributed by atoms with E-state index in [1.54, 1.807) is 12.1 Å². The average Bonchev–Trinajstić information content (AvgIpc) is 2.61. The van der Waals surface area contributed by atoms with E-state index in [9.17, 15) is 27.9 Å². The summed E-state index contributed by atoms with van der Waals surface area (Å²) in [7, 11) is 0. The molecule has 0 aliphatic carbocycles. The fourth-order valence-corrected chi connectivity index (χ4v) is 3.47. The summed E-state index contributed by atoms with van der Waals surface area (Å²) < 4.78 is 42.0. The number of nitrogens with one attached hydrogen (secondary N) is 2. The van der Waals surface area contributed by atoms with Crippen LogP contribution in [0.3, 0.4) is 0 Å². The van der Waals surface area contributed by atoms with Gasteiger partial charge >= 0.3 is 12.2 Å². The van der Waals surface area contributed by atoms with Crippen molar-refractivity contribution >= 4 is 39.3 Å². The number of aliphatic hydroxyl groups is 1. The first-order valence-corrected chi connectivity index (χ1v) is 9.13. The minimum atomic E-state index is -5.30. The second-order valence-corrected chi connectivity index (χ2v) is 7.59. The maximum absolute atomic E-state index is 13.8. The maximum atomic E-state index is 13.8. The van der Waals surface area contributed by atoms with Gasteiger partial charge in [0.2, 0.25) is 5.72 Å². The SMILES string of the molecule is O=C1N[C@H](c2ccc(Br)cc2)[C@H](C(=O)c2ccc(Cl)cc2)[C@](O)(C(F)(F)F)N1. The molecule has 148 valence electrons. The highest BCUT2D eigenvalue weighted by molar-refractivity contribution is 9.10. The number of hydrogen-bond donors (Lipinski definition) is 3. The first kappa shape index (κ1) is 20.6. The third-order valence-corrected chi connectivity index (χ3v) is 5.23. The molecule has 0 radical (unpaired) electrons. The predicted molar refractivity (Wildman–Crippen MR) is 98.8 cm³/mol. The molecule has 3 atom stereocenters. The molecule has 3 N–H and O–H groups in total. The molecule has 0 unspecified atom stereocenters. The Kier molecular flexibility index (Phi) is 5.44. The van der Waals surface area contributed by atoms with E-state index in [1.165, 1.54) is 41.7 Å². The van der Waals surface area contributed by atoms with Crippen LogP contribution in [0.1, 0.15) is 22.0 Å². The number of alkyl halides is 3. The van der Waals surface area contributed by atoms with Crippen molar-refractivity contribution in [3.8, 4) is 0 Å². The summed E-state index contributed by atoms with van der Waals surface area (Å²) in [4.78, 5) is 24.9. The van der Waals surface area contributed by atoms with Gasteiger partial charge in [-0.1, -0.05) is 39.7 Å². The largest absolute Gasteiger partial charge is 0.437 e. The molecule has 2 amide bonds. The summed E-state index contributed by atoms with van der Waals surface area (Å²) >= 11 is 8.99. The van der Waals surface area contributed by atoms with Gasteiger partial charge < -0.3 is 15.7 Å². The first-order chi connectivity index (χ1) is 13.0. The molecule has 28 heavy (non-hydrogen) atoms. The van der Waals surface area contributed by atoms with Gasteiger partial charge in [-0.15, -0.1) is 0 Å². The van der Waals surface area contributed by atoms with Crippen molar-refractivity contribution in [2.24, 2.45) is 5.92 Å². The second-order valence-electron chi connectivity index (χ2n) is 6.24. The standard InChI is InChI=1S/C18H13BrClF3N2O3/c19-11-5-1-9(2-6-11)14-13(15(26)10-3-7-12(20)8-4-10)17(28,18(21,22)23)25-16(27)24-14/h1-8,13-14,28H,(H2,24,25,27)/t13-,14-,17+/m1/s1. The van der Waals surface area contributed by atoms with Crippen LogP contribution in [0.25, 0.3) is 0 Å². The van der Waals surface area contributed by atoms with Crippen LogP contribution in [-0.4, -0.2) is 28.8 Å². The fraction of sp³-hybridized carbons (Fsp3) is 0.222. The van der Waals surface area contributed by atoms with E-state index in [4.69, 9.17) is 11.6 Å². The van der Waals surface area contributed by atoms with Crippen molar-refractivity contribution in [2.75, 3.05) is 0 Å². The predicted octanol–water partition coefficient (Wildman–Crippen LogP) is 4.21. The topological polar surface area (TPSA) is 78.4 Å². The van der Waals surface area contributed by atoms with E-state index >= 15 is 0 Å². The van der Waals surface area contributed by atoms with Gasteiger partial charge in [0.15, 0.2) is 5.78 Å². The molecule has 1 saturated heterocycles. The highest BCUT2D eigenvalue weighted by Gasteiger charge is 2.66. The number of halogens is 5. The molecular formula is C18H13BrClF3N2O3. The van der Waals surface area contributed by atoms with Crippen molar-refractivity contribution in [1.29, 1.82) is 0 Å². The molecule has 0 aromatic heterocycles. The monoisotopic (exact) mass is 476 g/mol. The number of amides is 2. The molecule has 0 spiro atoms. The van der Waals surface area contributed by atoms with Gasteiger partial charge in [-0.3, -0.25) is 4.79 Å². The first-order valence-electron chi connectivity index (χ1n) is 7.96. The summed E-state index contributed by atoms with van der Waals surface area (Å²) in [5, 5.41) is 14.6. The Labute approximate surface area is 171 Å². The Hall–Kier alpha value is -2.10. The van der Waals surface area contributed by atoms with E-state index in [0.29, 0.717) is 9.50 Å². The molecule has 2 aromatic rings. The Balaban J connectivity index is 2.15. The molecule has 2 aromatic carbocycles. The van der Waals surface area contributed by atoms with Crippen molar-refractivity contribution in [3.05, 3.63) is 69.2 Å². The molecule has 1 heterocycles. The lowest BCUT2D eigenvalue weighted by Gasteiger charge is -2.45. The third kappa shape index (κ3) is 3.74. The summed E-state index contributed by atoms with van der Waals surface area (Å²) in [5.74, 6) is -3.08. The van der Waals surface area contributed by atoms with Crippen LogP contribution in [-0.2, 0) is 0 Å². The van der Waals surface area contributed by atoms with Crippen molar-refractivity contribution in [1.82, 2.24) is 10.6 Å². The summed E-state index contributed by atoms with van der Waals surface area (Å²) in [5.41, 5.74) is -3.62. The van der Waals surface area contributed by atoms with Crippen LogP contribution >= 0.6 is 27.5 Å². The van der Waals surface area contributed by atoms with Crippen molar-refractivity contribution in [3.63, 3.8) is 0 Å². The summed E-state index contributed by atoms with van der Waals surface area (Å²) in [6.07, 6.45) is -5.30. The lowest BCUT2D eigenvalue weighted by molar-refractivity contribution is -0.287. The van der Waals surface area contributed by atoms with E-state index < -0.39 is 35.7 Å². The van der Waals surface area contributed by atoms with Gasteiger partial charge in [0.1, 0.15) is 5.92 Å². The maximum Gasteiger partial charge on any atom is 0.437 e. The minimum Gasteiger partial charge on any atom is -0.363 e. The van der Waals surface area contributed by atoms with Crippen LogP contribution in [0, 0.1) is 5.92 Å². The number of rotatable bonds is 3. The van der Waals surface area contributed by atoms with Crippen LogP contribution in [0.5, 0.6) is 0 Å². The molecule has 0 saturated carbocycles. The number of Topliss-reactive ketones (excluding diaryl/α,β-unsaturated/α-hetero) is 1. The number of ketones is 1. The van der Waals surface area contributed by atoms with E-state index in [1.807, 2.05) is 0 Å². The van der Waals surface area contributed by atoms with Gasteiger partial charge in [0.05, 0.1) is 6.04 Å². The van der Waals surface area contributed by atoms with Crippen molar-refractivity contribution < 1.29 is 27.9 Å². The van der Waals surface area contributed by atoms with Crippen LogP contribution in [0.4, 0.5) is 18.0 Å². The Bertz CT molecular complexity index is 906. The summed E-state index contributed by atoms with van der Waals surface area (Å²) in [6.45, 7) is 0.